The lowest BCUT2D eigenvalue weighted by molar-refractivity contribution is -0.132. The Morgan fingerprint density at radius 2 is 1.89 bits per heavy atom. The smallest absolute Gasteiger partial charge is 0.301 e. The van der Waals surface area contributed by atoms with Crippen LogP contribution in [0.5, 0.6) is 5.75 Å². The maximum atomic E-state index is 14.4. The van der Waals surface area contributed by atoms with Crippen LogP contribution in [0, 0.1) is 11.6 Å². The van der Waals surface area contributed by atoms with Crippen LogP contribution < -0.4 is 9.64 Å². The molecule has 4 aromatic rings. The van der Waals surface area contributed by atoms with Gasteiger partial charge in [0, 0.05) is 10.9 Å². The molecule has 1 aliphatic heterocycles. The van der Waals surface area contributed by atoms with Crippen LogP contribution in [-0.4, -0.2) is 28.9 Å². The number of aliphatic hydroxyl groups excluding tert-OH is 1. The quantitative estimate of drug-likeness (QED) is 0.180. The molecule has 10 heteroatoms. The largest absolute Gasteiger partial charge is 0.507 e. The van der Waals surface area contributed by atoms with Gasteiger partial charge in [0.15, 0.2) is 10.9 Å². The molecule has 0 saturated carbocycles. The molecule has 1 fully saturated rings. The van der Waals surface area contributed by atoms with Gasteiger partial charge < -0.3 is 9.84 Å². The lowest BCUT2D eigenvalue weighted by atomic mass is 9.85. The average molecular weight is 541 g/mol. The number of aliphatic hydroxyl groups is 1. The monoisotopic (exact) mass is 540 g/mol. The lowest BCUT2D eigenvalue weighted by Crippen LogP contribution is -2.28. The molecule has 1 aliphatic rings. The number of ketones is 1. The van der Waals surface area contributed by atoms with E-state index < -0.39 is 29.4 Å². The minimum absolute atomic E-state index is 0.0226. The van der Waals surface area contributed by atoms with E-state index in [4.69, 9.17) is 4.74 Å². The molecular formula is C27H22F2N2O4S2. The molecule has 2 aromatic carbocycles. The van der Waals surface area contributed by atoms with Crippen LogP contribution in [0.4, 0.5) is 13.9 Å². The van der Waals surface area contributed by atoms with Crippen LogP contribution in [0.25, 0.3) is 16.0 Å². The number of ether oxygens (including phenoxy) is 1. The summed E-state index contributed by atoms with van der Waals surface area (Å²) >= 11 is 2.18. The Kier molecular flexibility index (Phi) is 6.12. The number of aromatic nitrogens is 1. The van der Waals surface area contributed by atoms with E-state index in [9.17, 15) is 23.5 Å². The number of anilines is 1. The number of nitrogens with zero attached hydrogens (tertiary/aromatic N) is 2. The second-order valence-electron chi connectivity index (χ2n) is 9.58. The number of methoxy groups -OCH3 is 1. The fraction of sp³-hybridized carbons (Fsp3) is 0.222. The van der Waals surface area contributed by atoms with Gasteiger partial charge in [0.2, 0.25) is 0 Å². The number of thiophene rings is 1. The zero-order valence-electron chi connectivity index (χ0n) is 20.3. The fourth-order valence-corrected chi connectivity index (χ4v) is 6.15. The van der Waals surface area contributed by atoms with Crippen molar-refractivity contribution in [2.24, 2.45) is 0 Å². The van der Waals surface area contributed by atoms with Crippen molar-refractivity contribution in [3.05, 3.63) is 81.1 Å². The van der Waals surface area contributed by atoms with Crippen molar-refractivity contribution in [3.8, 4) is 5.75 Å². The summed E-state index contributed by atoms with van der Waals surface area (Å²) in [5.41, 5.74) is 0.656. The predicted octanol–water partition coefficient (Wildman–Crippen LogP) is 6.57. The van der Waals surface area contributed by atoms with Gasteiger partial charge in [-0.25, -0.2) is 13.8 Å². The van der Waals surface area contributed by atoms with Crippen molar-refractivity contribution >= 4 is 55.5 Å². The van der Waals surface area contributed by atoms with Gasteiger partial charge in [0.05, 0.1) is 22.9 Å². The lowest BCUT2D eigenvalue weighted by Gasteiger charge is -2.23. The van der Waals surface area contributed by atoms with Gasteiger partial charge in [-0.05, 0) is 40.6 Å². The molecule has 2 aromatic heterocycles. The van der Waals surface area contributed by atoms with Gasteiger partial charge in [-0.3, -0.25) is 14.5 Å². The van der Waals surface area contributed by atoms with Crippen molar-refractivity contribution in [3.63, 3.8) is 0 Å². The van der Waals surface area contributed by atoms with Gasteiger partial charge >= 0.3 is 5.91 Å². The van der Waals surface area contributed by atoms with E-state index in [0.717, 1.165) is 27.9 Å². The molecule has 0 spiro atoms. The fourth-order valence-electron chi connectivity index (χ4n) is 4.30. The van der Waals surface area contributed by atoms with Crippen molar-refractivity contribution in [2.45, 2.75) is 32.2 Å². The van der Waals surface area contributed by atoms with Crippen LogP contribution in [0.1, 0.15) is 42.8 Å². The standard InChI is InChI=1S/C27H22F2N2O4S2/c1-27(2,3)13-7-8-17(35-4)15(10-13)23(32)20-22(18-6-5-9-36-18)31(25(34)24(20)33)26-30-21-16(29)11-14(28)12-19(21)37-26/h5-12,22,32H,1-4H3/b23-20+. The highest BCUT2D eigenvalue weighted by Gasteiger charge is 2.49. The van der Waals surface area contributed by atoms with Crippen LogP contribution in [0.15, 0.2) is 53.4 Å². The first-order valence-corrected chi connectivity index (χ1v) is 13.0. The summed E-state index contributed by atoms with van der Waals surface area (Å²) in [6, 6.07) is 9.63. The topological polar surface area (TPSA) is 79.7 Å². The zero-order chi connectivity index (χ0) is 26.6. The Labute approximate surface area is 219 Å². The molecule has 37 heavy (non-hydrogen) atoms. The Balaban J connectivity index is 1.74. The summed E-state index contributed by atoms with van der Waals surface area (Å²) in [5.74, 6) is -3.54. The number of carbonyl (C=O) groups is 2. The summed E-state index contributed by atoms with van der Waals surface area (Å²) in [7, 11) is 1.45. The van der Waals surface area contributed by atoms with E-state index in [-0.39, 0.29) is 37.7 Å². The van der Waals surface area contributed by atoms with E-state index >= 15 is 0 Å². The highest BCUT2D eigenvalue weighted by molar-refractivity contribution is 7.22. The molecule has 190 valence electrons. The minimum Gasteiger partial charge on any atom is -0.507 e. The number of hydrogen-bond donors (Lipinski definition) is 1. The molecule has 1 amide bonds. The third-order valence-electron chi connectivity index (χ3n) is 6.19. The molecule has 1 atom stereocenters. The van der Waals surface area contributed by atoms with E-state index in [2.05, 4.69) is 4.98 Å². The highest BCUT2D eigenvalue weighted by atomic mass is 32.1. The van der Waals surface area contributed by atoms with Crippen molar-refractivity contribution < 1.29 is 28.2 Å². The van der Waals surface area contributed by atoms with Gasteiger partial charge in [0.25, 0.3) is 5.78 Å². The van der Waals surface area contributed by atoms with E-state index in [1.165, 1.54) is 18.4 Å². The number of rotatable bonds is 4. The number of hydrogen-bond acceptors (Lipinski definition) is 7. The number of fused-ring (bicyclic) bond motifs is 1. The molecule has 1 saturated heterocycles. The molecular weight excluding hydrogens is 518 g/mol. The first-order chi connectivity index (χ1) is 17.5. The predicted molar refractivity (Wildman–Crippen MR) is 140 cm³/mol. The molecule has 1 N–H and O–H groups in total. The SMILES string of the molecule is COc1ccc(C(C)(C)C)cc1/C(O)=C1\C(=O)C(=O)N(c2nc3c(F)cc(F)cc3s2)C1c1cccs1. The molecule has 5 rings (SSSR count). The van der Waals surface area contributed by atoms with Crippen LogP contribution in [-0.2, 0) is 15.0 Å². The van der Waals surface area contributed by atoms with Gasteiger partial charge in [-0.15, -0.1) is 11.3 Å². The van der Waals surface area contributed by atoms with Crippen LogP contribution in [0.3, 0.4) is 0 Å². The van der Waals surface area contributed by atoms with Crippen molar-refractivity contribution in [2.75, 3.05) is 12.0 Å². The van der Waals surface area contributed by atoms with Crippen LogP contribution in [0.2, 0.25) is 0 Å². The number of halogens is 2. The summed E-state index contributed by atoms with van der Waals surface area (Å²) in [4.78, 5) is 32.8. The van der Waals surface area contributed by atoms with Gasteiger partial charge in [0.1, 0.15) is 28.9 Å². The van der Waals surface area contributed by atoms with Gasteiger partial charge in [-0.1, -0.05) is 44.2 Å². The van der Waals surface area contributed by atoms with E-state index in [1.54, 1.807) is 29.6 Å². The van der Waals surface area contributed by atoms with E-state index in [0.29, 0.717) is 16.7 Å². The number of thiazole rings is 1. The Morgan fingerprint density at radius 3 is 2.54 bits per heavy atom. The highest BCUT2D eigenvalue weighted by Crippen LogP contribution is 2.46. The first-order valence-electron chi connectivity index (χ1n) is 11.3. The summed E-state index contributed by atoms with van der Waals surface area (Å²) in [6.45, 7) is 6.04. The number of Topliss-reactive ketones (excluding diaryl/α,β-unsaturated/α-hetero) is 1. The van der Waals surface area contributed by atoms with Crippen molar-refractivity contribution in [1.29, 1.82) is 0 Å². The Hall–Kier alpha value is -3.63. The second kappa shape index (κ2) is 9.04. The van der Waals surface area contributed by atoms with Crippen molar-refractivity contribution in [1.82, 2.24) is 4.98 Å². The third kappa shape index (κ3) is 4.19. The third-order valence-corrected chi connectivity index (χ3v) is 8.11. The van der Waals surface area contributed by atoms with Gasteiger partial charge in [-0.2, -0.15) is 0 Å². The maximum Gasteiger partial charge on any atom is 0.301 e. The number of amides is 1. The average Bonchev–Trinajstić information content (AvgIpc) is 3.56. The number of benzene rings is 2. The molecule has 0 radical (unpaired) electrons. The maximum absolute atomic E-state index is 14.4. The Morgan fingerprint density at radius 1 is 1.14 bits per heavy atom. The summed E-state index contributed by atoms with van der Waals surface area (Å²) in [5, 5.41) is 13.3. The molecule has 0 aliphatic carbocycles. The second-order valence-corrected chi connectivity index (χ2v) is 11.6. The summed E-state index contributed by atoms with van der Waals surface area (Å²) < 4.78 is 33.9. The first kappa shape index (κ1) is 25.0. The zero-order valence-corrected chi connectivity index (χ0v) is 22.0. The molecule has 3 heterocycles. The summed E-state index contributed by atoms with van der Waals surface area (Å²) in [6.07, 6.45) is 0. The molecule has 1 unspecified atom stereocenters. The normalized spacial score (nSPS) is 17.7. The number of carbonyl (C=O) groups excluding carboxylic acids is 2. The molecule has 6 nitrogen and oxygen atoms in total. The van der Waals surface area contributed by atoms with Crippen LogP contribution >= 0.6 is 22.7 Å². The molecule has 0 bridgehead atoms. The van der Waals surface area contributed by atoms with E-state index in [1.807, 2.05) is 26.8 Å². The minimum atomic E-state index is -1.02. The Bertz CT molecular complexity index is 1590.